The second-order valence-electron chi connectivity index (χ2n) is 6.49. The Morgan fingerprint density at radius 3 is 2.78 bits per heavy atom. The van der Waals surface area contributed by atoms with E-state index in [0.29, 0.717) is 6.04 Å². The van der Waals surface area contributed by atoms with Gasteiger partial charge in [0.2, 0.25) is 5.91 Å². The quantitative estimate of drug-likeness (QED) is 0.831. The van der Waals surface area contributed by atoms with Crippen LogP contribution in [-0.4, -0.2) is 59.5 Å². The molecule has 1 aliphatic rings. The Bertz CT molecular complexity index is 471. The average molecular weight is 318 g/mol. The van der Waals surface area contributed by atoms with Crippen LogP contribution in [0, 0.1) is 0 Å². The summed E-state index contributed by atoms with van der Waals surface area (Å²) in [7, 11) is 1.91. The number of carbonyl (C=O) groups excluding carboxylic acids is 1. The molecule has 1 aliphatic heterocycles. The topological polar surface area (TPSA) is 62.5 Å². The molecule has 1 aromatic rings. The number of piperidine rings is 1. The number of nitrogens with zero attached hydrogens (tertiary/aromatic N) is 3. The number of amides is 1. The van der Waals surface area contributed by atoms with Gasteiger partial charge in [-0.25, -0.2) is 0 Å². The summed E-state index contributed by atoms with van der Waals surface area (Å²) in [5.74, 6) is 0.0961. The third-order valence-corrected chi connectivity index (χ3v) is 4.78. The number of likely N-dealkylation sites (N-methyl/N-ethyl adjacent to an activating group) is 1. The van der Waals surface area contributed by atoms with Gasteiger partial charge in [-0.05, 0) is 31.4 Å². The van der Waals surface area contributed by atoms with Gasteiger partial charge >= 0.3 is 0 Å². The van der Waals surface area contributed by atoms with E-state index in [1.54, 1.807) is 0 Å². The largest absolute Gasteiger partial charge is 0.341 e. The molecular formula is C18H30N4O. The van der Waals surface area contributed by atoms with Crippen molar-refractivity contribution in [2.24, 2.45) is 5.73 Å². The predicted molar refractivity (Wildman–Crippen MR) is 93.1 cm³/mol. The fourth-order valence-electron chi connectivity index (χ4n) is 3.22. The van der Waals surface area contributed by atoms with Crippen LogP contribution in [0.15, 0.2) is 24.4 Å². The minimum atomic E-state index is -0.341. The van der Waals surface area contributed by atoms with Gasteiger partial charge in [0.05, 0.1) is 6.04 Å². The molecule has 2 rings (SSSR count). The Kier molecular flexibility index (Phi) is 6.99. The highest BCUT2D eigenvalue weighted by atomic mass is 16.2. The lowest BCUT2D eigenvalue weighted by molar-refractivity contribution is -0.134. The van der Waals surface area contributed by atoms with Crippen molar-refractivity contribution in [3.63, 3.8) is 0 Å². The van der Waals surface area contributed by atoms with Crippen LogP contribution in [0.5, 0.6) is 0 Å². The van der Waals surface area contributed by atoms with E-state index < -0.39 is 0 Å². The van der Waals surface area contributed by atoms with Crippen LogP contribution in [-0.2, 0) is 11.2 Å². The van der Waals surface area contributed by atoms with Crippen molar-refractivity contribution in [3.8, 4) is 0 Å². The molecule has 0 spiro atoms. The van der Waals surface area contributed by atoms with Crippen LogP contribution in [0.1, 0.15) is 38.3 Å². The molecule has 1 saturated heterocycles. The van der Waals surface area contributed by atoms with Gasteiger partial charge in [0.1, 0.15) is 0 Å². The molecule has 1 amide bonds. The fourth-order valence-corrected chi connectivity index (χ4v) is 3.22. The van der Waals surface area contributed by atoms with Crippen LogP contribution in [0.2, 0.25) is 0 Å². The van der Waals surface area contributed by atoms with Gasteiger partial charge < -0.3 is 15.5 Å². The first-order valence-corrected chi connectivity index (χ1v) is 8.76. The van der Waals surface area contributed by atoms with Gasteiger partial charge in [0, 0.05) is 51.0 Å². The van der Waals surface area contributed by atoms with Crippen LogP contribution in [0.4, 0.5) is 0 Å². The first-order chi connectivity index (χ1) is 11.1. The van der Waals surface area contributed by atoms with E-state index in [0.717, 1.165) is 57.4 Å². The summed E-state index contributed by atoms with van der Waals surface area (Å²) in [5, 5.41) is 0. The lowest BCUT2D eigenvalue weighted by atomic mass is 10.0. The zero-order valence-electron chi connectivity index (χ0n) is 14.4. The summed E-state index contributed by atoms with van der Waals surface area (Å²) in [6.45, 7) is 5.18. The summed E-state index contributed by atoms with van der Waals surface area (Å²) >= 11 is 0. The molecule has 0 bridgehead atoms. The van der Waals surface area contributed by atoms with E-state index in [2.05, 4.69) is 22.9 Å². The Morgan fingerprint density at radius 2 is 2.17 bits per heavy atom. The van der Waals surface area contributed by atoms with Crippen molar-refractivity contribution in [1.29, 1.82) is 0 Å². The van der Waals surface area contributed by atoms with Crippen molar-refractivity contribution in [1.82, 2.24) is 14.8 Å². The maximum Gasteiger partial charge on any atom is 0.239 e. The number of pyridine rings is 1. The van der Waals surface area contributed by atoms with E-state index in [4.69, 9.17) is 5.73 Å². The van der Waals surface area contributed by atoms with Crippen LogP contribution in [0.25, 0.3) is 0 Å². The molecule has 23 heavy (non-hydrogen) atoms. The first-order valence-electron chi connectivity index (χ1n) is 8.76. The maximum atomic E-state index is 12.3. The highest BCUT2D eigenvalue weighted by Crippen LogP contribution is 2.17. The molecule has 5 nitrogen and oxygen atoms in total. The Balaban J connectivity index is 1.74. The molecule has 0 radical (unpaired) electrons. The minimum Gasteiger partial charge on any atom is -0.341 e. The predicted octanol–water partition coefficient (Wildman–Crippen LogP) is 1.67. The molecular weight excluding hydrogens is 288 g/mol. The highest BCUT2D eigenvalue weighted by Gasteiger charge is 2.27. The van der Waals surface area contributed by atoms with Gasteiger partial charge in [0.15, 0.2) is 0 Å². The fraction of sp³-hybridized carbons (Fsp3) is 0.667. The molecule has 0 aromatic carbocycles. The van der Waals surface area contributed by atoms with Crippen molar-refractivity contribution in [2.75, 3.05) is 26.7 Å². The normalized spacial score (nSPS) is 17.9. The molecule has 1 atom stereocenters. The SMILES string of the molecule is CCCC(N)C(=O)N(C)C1CCN(CCc2ccccn2)CC1. The van der Waals surface area contributed by atoms with Gasteiger partial charge in [-0.1, -0.05) is 19.4 Å². The van der Waals surface area contributed by atoms with Crippen molar-refractivity contribution in [3.05, 3.63) is 30.1 Å². The van der Waals surface area contributed by atoms with Crippen LogP contribution >= 0.6 is 0 Å². The number of likely N-dealkylation sites (tertiary alicyclic amines) is 1. The molecule has 1 fully saturated rings. The number of nitrogens with two attached hydrogens (primary N) is 1. The number of aromatic nitrogens is 1. The lowest BCUT2D eigenvalue weighted by Gasteiger charge is -2.37. The van der Waals surface area contributed by atoms with Crippen molar-refractivity contribution in [2.45, 2.75) is 51.1 Å². The second-order valence-corrected chi connectivity index (χ2v) is 6.49. The molecule has 0 saturated carbocycles. The standard InChI is InChI=1S/C18H30N4O/c1-3-6-17(19)18(23)21(2)16-9-13-22(14-10-16)12-8-15-7-4-5-11-20-15/h4-5,7,11,16-17H,3,6,8-10,12-14,19H2,1-2H3. The third kappa shape index (κ3) is 5.29. The Labute approximate surface area is 139 Å². The lowest BCUT2D eigenvalue weighted by Crippen LogP contribution is -2.50. The molecule has 2 heterocycles. The van der Waals surface area contributed by atoms with E-state index in [9.17, 15) is 4.79 Å². The molecule has 1 aromatic heterocycles. The number of hydrogen-bond acceptors (Lipinski definition) is 4. The van der Waals surface area contributed by atoms with Gasteiger partial charge in [-0.15, -0.1) is 0 Å². The third-order valence-electron chi connectivity index (χ3n) is 4.78. The van der Waals surface area contributed by atoms with Gasteiger partial charge in [0.25, 0.3) is 0 Å². The Hall–Kier alpha value is -1.46. The number of carbonyl (C=O) groups is 1. The van der Waals surface area contributed by atoms with Crippen LogP contribution in [0.3, 0.4) is 0 Å². The van der Waals surface area contributed by atoms with Crippen molar-refractivity contribution >= 4 is 5.91 Å². The number of rotatable bonds is 7. The highest BCUT2D eigenvalue weighted by molar-refractivity contribution is 5.81. The molecule has 5 heteroatoms. The summed E-state index contributed by atoms with van der Waals surface area (Å²) in [4.78, 5) is 21.0. The number of hydrogen-bond donors (Lipinski definition) is 1. The summed E-state index contributed by atoms with van der Waals surface area (Å²) in [6.07, 6.45) is 6.62. The average Bonchev–Trinajstić information content (AvgIpc) is 2.60. The zero-order chi connectivity index (χ0) is 16.7. The molecule has 0 aliphatic carbocycles. The zero-order valence-corrected chi connectivity index (χ0v) is 14.4. The summed E-state index contributed by atoms with van der Waals surface area (Å²) < 4.78 is 0. The molecule has 2 N–H and O–H groups in total. The molecule has 128 valence electrons. The maximum absolute atomic E-state index is 12.3. The second kappa shape index (κ2) is 8.99. The van der Waals surface area contributed by atoms with E-state index in [1.165, 1.54) is 0 Å². The summed E-state index contributed by atoms with van der Waals surface area (Å²) in [5.41, 5.74) is 7.11. The smallest absolute Gasteiger partial charge is 0.239 e. The summed E-state index contributed by atoms with van der Waals surface area (Å²) in [6, 6.07) is 6.05. The van der Waals surface area contributed by atoms with Gasteiger partial charge in [-0.2, -0.15) is 0 Å². The minimum absolute atomic E-state index is 0.0961. The van der Waals surface area contributed by atoms with Crippen LogP contribution < -0.4 is 5.73 Å². The first kappa shape index (κ1) is 17.9. The van der Waals surface area contributed by atoms with Gasteiger partial charge in [-0.3, -0.25) is 9.78 Å². The Morgan fingerprint density at radius 1 is 1.43 bits per heavy atom. The van der Waals surface area contributed by atoms with Crippen molar-refractivity contribution < 1.29 is 4.79 Å². The van der Waals surface area contributed by atoms with E-state index >= 15 is 0 Å². The molecule has 1 unspecified atom stereocenters. The van der Waals surface area contributed by atoms with E-state index in [-0.39, 0.29) is 11.9 Å². The monoisotopic (exact) mass is 318 g/mol. The van der Waals surface area contributed by atoms with E-state index in [1.807, 2.05) is 30.3 Å².